The molecular formula is C15H21BrN2O. The van der Waals surface area contributed by atoms with Crippen molar-refractivity contribution in [3.8, 4) is 0 Å². The summed E-state index contributed by atoms with van der Waals surface area (Å²) in [7, 11) is 1.90. The number of halogens is 1. The minimum Gasteiger partial charge on any atom is -0.337 e. The summed E-state index contributed by atoms with van der Waals surface area (Å²) in [5, 5.41) is 0. The Labute approximate surface area is 123 Å². The molecule has 1 aromatic heterocycles. The Hall–Kier alpha value is -0.900. The lowest BCUT2D eigenvalue weighted by Crippen LogP contribution is -2.41. The van der Waals surface area contributed by atoms with Gasteiger partial charge < -0.3 is 4.90 Å². The molecule has 4 heteroatoms. The monoisotopic (exact) mass is 324 g/mol. The quantitative estimate of drug-likeness (QED) is 0.827. The highest BCUT2D eigenvalue weighted by atomic mass is 79.9. The van der Waals surface area contributed by atoms with E-state index in [9.17, 15) is 4.79 Å². The fourth-order valence-corrected chi connectivity index (χ4v) is 2.85. The van der Waals surface area contributed by atoms with E-state index < -0.39 is 0 Å². The van der Waals surface area contributed by atoms with Crippen molar-refractivity contribution in [3.05, 3.63) is 28.5 Å². The fraction of sp³-hybridized carbons (Fsp3) is 0.600. The topological polar surface area (TPSA) is 33.2 Å². The van der Waals surface area contributed by atoms with E-state index in [0.29, 0.717) is 17.2 Å². The summed E-state index contributed by atoms with van der Waals surface area (Å²) in [6, 6.07) is 3.99. The molecule has 3 nitrogen and oxygen atoms in total. The smallest absolute Gasteiger partial charge is 0.272 e. The number of rotatable bonds is 2. The standard InChI is InChI=1S/C15H21BrN2O/c1-15(2)8-6-12(7-9-15)18(3)14(19)13-5-4-11(16)10-17-13/h4-5,10,12H,6-9H2,1-3H3. The molecule has 104 valence electrons. The Morgan fingerprint density at radius 3 is 2.53 bits per heavy atom. The average molecular weight is 325 g/mol. The summed E-state index contributed by atoms with van der Waals surface area (Å²) in [4.78, 5) is 18.4. The first kappa shape index (κ1) is 14.5. The fourth-order valence-electron chi connectivity index (χ4n) is 2.62. The number of carbonyl (C=O) groups is 1. The molecule has 0 radical (unpaired) electrons. The van der Waals surface area contributed by atoms with Gasteiger partial charge in [0, 0.05) is 23.8 Å². The zero-order chi connectivity index (χ0) is 14.0. The van der Waals surface area contributed by atoms with Crippen LogP contribution in [0, 0.1) is 5.41 Å². The van der Waals surface area contributed by atoms with Gasteiger partial charge in [-0.15, -0.1) is 0 Å². The lowest BCUT2D eigenvalue weighted by atomic mass is 9.75. The Balaban J connectivity index is 2.02. The Kier molecular flexibility index (Phi) is 4.29. The zero-order valence-corrected chi connectivity index (χ0v) is 13.4. The molecule has 1 saturated carbocycles. The van der Waals surface area contributed by atoms with Gasteiger partial charge in [0.2, 0.25) is 0 Å². The van der Waals surface area contributed by atoms with Crippen molar-refractivity contribution < 1.29 is 4.79 Å². The second-order valence-electron chi connectivity index (χ2n) is 6.17. The van der Waals surface area contributed by atoms with E-state index in [1.807, 2.05) is 18.0 Å². The first-order chi connectivity index (χ1) is 8.89. The maximum atomic E-state index is 12.4. The van der Waals surface area contributed by atoms with Gasteiger partial charge in [-0.1, -0.05) is 13.8 Å². The van der Waals surface area contributed by atoms with Crippen LogP contribution in [0.3, 0.4) is 0 Å². The maximum absolute atomic E-state index is 12.4. The van der Waals surface area contributed by atoms with Crippen molar-refractivity contribution in [3.63, 3.8) is 0 Å². The lowest BCUT2D eigenvalue weighted by molar-refractivity contribution is 0.0629. The van der Waals surface area contributed by atoms with Gasteiger partial charge in [-0.2, -0.15) is 0 Å². The largest absolute Gasteiger partial charge is 0.337 e. The molecule has 1 aromatic rings. The van der Waals surface area contributed by atoms with Crippen LogP contribution in [-0.4, -0.2) is 28.9 Å². The van der Waals surface area contributed by atoms with Gasteiger partial charge in [0.15, 0.2) is 0 Å². The zero-order valence-electron chi connectivity index (χ0n) is 11.8. The van der Waals surface area contributed by atoms with E-state index in [4.69, 9.17) is 0 Å². The molecule has 0 aromatic carbocycles. The van der Waals surface area contributed by atoms with E-state index >= 15 is 0 Å². The van der Waals surface area contributed by atoms with E-state index in [1.165, 1.54) is 12.8 Å². The Morgan fingerprint density at radius 1 is 1.37 bits per heavy atom. The Morgan fingerprint density at radius 2 is 2.00 bits per heavy atom. The van der Waals surface area contributed by atoms with Gasteiger partial charge in [0.05, 0.1) is 0 Å². The molecular weight excluding hydrogens is 304 g/mol. The molecule has 0 aliphatic heterocycles. The van der Waals surface area contributed by atoms with Crippen molar-refractivity contribution >= 4 is 21.8 Å². The third-order valence-electron chi connectivity index (χ3n) is 4.12. The molecule has 0 spiro atoms. The molecule has 1 heterocycles. The van der Waals surface area contributed by atoms with Gasteiger partial charge in [0.1, 0.15) is 5.69 Å². The minimum atomic E-state index is 0.0252. The first-order valence-corrected chi connectivity index (χ1v) is 7.57. The number of amides is 1. The van der Waals surface area contributed by atoms with E-state index in [0.717, 1.165) is 17.3 Å². The number of nitrogens with zero attached hydrogens (tertiary/aromatic N) is 2. The normalized spacial score (nSPS) is 19.2. The molecule has 0 atom stereocenters. The van der Waals surface area contributed by atoms with Gasteiger partial charge in [-0.3, -0.25) is 4.79 Å². The number of carbonyl (C=O) groups excluding carboxylic acids is 1. The molecule has 1 amide bonds. The second-order valence-corrected chi connectivity index (χ2v) is 7.09. The second kappa shape index (κ2) is 5.61. The van der Waals surface area contributed by atoms with E-state index in [1.54, 1.807) is 12.3 Å². The van der Waals surface area contributed by atoms with Crippen LogP contribution in [0.5, 0.6) is 0 Å². The highest BCUT2D eigenvalue weighted by Crippen LogP contribution is 2.36. The third-order valence-corrected chi connectivity index (χ3v) is 4.59. The molecule has 1 fully saturated rings. The van der Waals surface area contributed by atoms with Crippen LogP contribution >= 0.6 is 15.9 Å². The number of pyridine rings is 1. The highest BCUT2D eigenvalue weighted by Gasteiger charge is 2.31. The van der Waals surface area contributed by atoms with Gasteiger partial charge in [-0.05, 0) is 59.2 Å². The third kappa shape index (κ3) is 3.56. The van der Waals surface area contributed by atoms with Crippen LogP contribution in [0.1, 0.15) is 50.0 Å². The summed E-state index contributed by atoms with van der Waals surface area (Å²) in [5.74, 6) is 0.0252. The molecule has 0 saturated heterocycles. The molecule has 0 bridgehead atoms. The van der Waals surface area contributed by atoms with E-state index in [2.05, 4.69) is 34.8 Å². The van der Waals surface area contributed by atoms with Crippen LogP contribution in [0.25, 0.3) is 0 Å². The van der Waals surface area contributed by atoms with Crippen LogP contribution in [0.2, 0.25) is 0 Å². The number of aromatic nitrogens is 1. The number of hydrogen-bond acceptors (Lipinski definition) is 2. The predicted octanol–water partition coefficient (Wildman–Crippen LogP) is 3.88. The van der Waals surface area contributed by atoms with Crippen LogP contribution in [-0.2, 0) is 0 Å². The minimum absolute atomic E-state index is 0.0252. The summed E-state index contributed by atoms with van der Waals surface area (Å²) in [6.45, 7) is 4.61. The van der Waals surface area contributed by atoms with E-state index in [-0.39, 0.29) is 5.91 Å². The van der Waals surface area contributed by atoms with Gasteiger partial charge >= 0.3 is 0 Å². The first-order valence-electron chi connectivity index (χ1n) is 6.78. The summed E-state index contributed by atoms with van der Waals surface area (Å²) < 4.78 is 0.895. The van der Waals surface area contributed by atoms with Crippen molar-refractivity contribution in [2.24, 2.45) is 5.41 Å². The molecule has 2 rings (SSSR count). The van der Waals surface area contributed by atoms with Crippen LogP contribution in [0.4, 0.5) is 0 Å². The maximum Gasteiger partial charge on any atom is 0.272 e. The molecule has 1 aliphatic carbocycles. The molecule has 19 heavy (non-hydrogen) atoms. The van der Waals surface area contributed by atoms with Crippen molar-refractivity contribution in [2.75, 3.05) is 7.05 Å². The van der Waals surface area contributed by atoms with Crippen molar-refractivity contribution in [1.29, 1.82) is 0 Å². The van der Waals surface area contributed by atoms with Gasteiger partial charge in [-0.25, -0.2) is 4.98 Å². The number of hydrogen-bond donors (Lipinski definition) is 0. The van der Waals surface area contributed by atoms with Crippen LogP contribution in [0.15, 0.2) is 22.8 Å². The molecule has 1 aliphatic rings. The summed E-state index contributed by atoms with van der Waals surface area (Å²) in [6.07, 6.45) is 6.22. The highest BCUT2D eigenvalue weighted by molar-refractivity contribution is 9.10. The van der Waals surface area contributed by atoms with Gasteiger partial charge in [0.25, 0.3) is 5.91 Å². The molecule has 0 unspecified atom stereocenters. The van der Waals surface area contributed by atoms with Crippen molar-refractivity contribution in [2.45, 2.75) is 45.6 Å². The predicted molar refractivity (Wildman–Crippen MR) is 80.1 cm³/mol. The van der Waals surface area contributed by atoms with Crippen molar-refractivity contribution in [1.82, 2.24) is 9.88 Å². The molecule has 0 N–H and O–H groups in total. The average Bonchev–Trinajstić information content (AvgIpc) is 2.38. The lowest BCUT2D eigenvalue weighted by Gasteiger charge is -2.38. The Bertz CT molecular complexity index is 446. The van der Waals surface area contributed by atoms with Crippen LogP contribution < -0.4 is 0 Å². The SMILES string of the molecule is CN(C(=O)c1ccc(Br)cn1)C1CCC(C)(C)CC1. The summed E-state index contributed by atoms with van der Waals surface area (Å²) >= 11 is 3.33. The summed E-state index contributed by atoms with van der Waals surface area (Å²) in [5.41, 5.74) is 0.950.